The lowest BCUT2D eigenvalue weighted by Crippen LogP contribution is -2.19. The van der Waals surface area contributed by atoms with Crippen molar-refractivity contribution in [3.63, 3.8) is 0 Å². The zero-order valence-electron chi connectivity index (χ0n) is 13.1. The van der Waals surface area contributed by atoms with Gasteiger partial charge in [-0.15, -0.1) is 5.10 Å². The molecule has 3 rings (SSSR count). The number of anilines is 1. The molecule has 0 unspecified atom stereocenters. The Balaban J connectivity index is 1.60. The summed E-state index contributed by atoms with van der Waals surface area (Å²) < 4.78 is 1.51. The van der Waals surface area contributed by atoms with Crippen molar-refractivity contribution in [2.45, 2.75) is 13.0 Å². The number of rotatable bonds is 6. The number of carbonyl (C=O) groups excluding carboxylic acids is 1. The van der Waals surface area contributed by atoms with Crippen LogP contribution in [0.15, 0.2) is 60.8 Å². The van der Waals surface area contributed by atoms with Crippen LogP contribution in [0.3, 0.4) is 0 Å². The number of hydrogen-bond acceptors (Lipinski definition) is 4. The molecule has 0 saturated carbocycles. The lowest BCUT2D eigenvalue weighted by Gasteiger charge is -2.06. The quantitative estimate of drug-likeness (QED) is 0.728. The highest BCUT2D eigenvalue weighted by atomic mass is 16.3. The average molecular weight is 322 g/mol. The summed E-state index contributed by atoms with van der Waals surface area (Å²) in [5.41, 5.74) is 3.43. The first-order valence-corrected chi connectivity index (χ1v) is 7.70. The summed E-state index contributed by atoms with van der Waals surface area (Å²) in [6, 6.07) is 17.1. The Morgan fingerprint density at radius 2 is 1.83 bits per heavy atom. The Morgan fingerprint density at radius 3 is 2.54 bits per heavy atom. The van der Waals surface area contributed by atoms with Gasteiger partial charge in [0.25, 0.3) is 0 Å². The number of aliphatic hydroxyl groups excluding tert-OH is 1. The first kappa shape index (κ1) is 15.9. The van der Waals surface area contributed by atoms with Crippen molar-refractivity contribution in [1.29, 1.82) is 0 Å². The molecule has 6 nitrogen and oxygen atoms in total. The number of hydrogen-bond donors (Lipinski definition) is 2. The lowest BCUT2D eigenvalue weighted by atomic mass is 10.1. The van der Waals surface area contributed by atoms with Crippen molar-refractivity contribution < 1.29 is 9.90 Å². The minimum Gasteiger partial charge on any atom is -0.396 e. The van der Waals surface area contributed by atoms with Gasteiger partial charge in [-0.25, -0.2) is 4.68 Å². The Bertz CT molecular complexity index is 797. The summed E-state index contributed by atoms with van der Waals surface area (Å²) in [6.45, 7) is 0.208. The van der Waals surface area contributed by atoms with Crippen LogP contribution in [0, 0.1) is 0 Å². The van der Waals surface area contributed by atoms with Crippen LogP contribution in [0.25, 0.3) is 11.3 Å². The molecule has 0 aliphatic rings. The molecular weight excluding hydrogens is 304 g/mol. The summed E-state index contributed by atoms with van der Waals surface area (Å²) in [7, 11) is 0. The third-order valence-electron chi connectivity index (χ3n) is 3.55. The molecular formula is C18H18N4O2. The fourth-order valence-corrected chi connectivity index (χ4v) is 2.35. The highest BCUT2D eigenvalue weighted by Crippen LogP contribution is 2.15. The fraction of sp³-hybridized carbons (Fsp3) is 0.167. The molecule has 0 atom stereocenters. The van der Waals surface area contributed by atoms with E-state index in [1.807, 2.05) is 54.6 Å². The van der Waals surface area contributed by atoms with Crippen LogP contribution in [0.1, 0.15) is 5.56 Å². The Morgan fingerprint density at radius 1 is 1.08 bits per heavy atom. The molecule has 0 radical (unpaired) electrons. The van der Waals surface area contributed by atoms with E-state index >= 15 is 0 Å². The molecule has 0 saturated heterocycles. The standard InChI is InChI=1S/C18H18N4O2/c23-11-10-14-6-8-16(9-7-14)19-18(24)13-22-12-17(20-21-22)15-4-2-1-3-5-15/h1-9,12,23H,10-11,13H2,(H,19,24). The summed E-state index contributed by atoms with van der Waals surface area (Å²) >= 11 is 0. The molecule has 2 N–H and O–H groups in total. The van der Waals surface area contributed by atoms with Gasteiger partial charge in [0.2, 0.25) is 5.91 Å². The second-order valence-electron chi connectivity index (χ2n) is 5.39. The van der Waals surface area contributed by atoms with Crippen LogP contribution in [-0.2, 0) is 17.8 Å². The van der Waals surface area contributed by atoms with E-state index in [4.69, 9.17) is 5.11 Å². The van der Waals surface area contributed by atoms with Crippen LogP contribution in [0.4, 0.5) is 5.69 Å². The van der Waals surface area contributed by atoms with E-state index in [-0.39, 0.29) is 19.1 Å². The van der Waals surface area contributed by atoms with Crippen LogP contribution < -0.4 is 5.32 Å². The minimum atomic E-state index is -0.172. The maximum absolute atomic E-state index is 12.1. The maximum atomic E-state index is 12.1. The van der Waals surface area contributed by atoms with Gasteiger partial charge in [0.05, 0.1) is 6.20 Å². The third-order valence-corrected chi connectivity index (χ3v) is 3.55. The Hall–Kier alpha value is -2.99. The average Bonchev–Trinajstić information content (AvgIpc) is 3.06. The summed E-state index contributed by atoms with van der Waals surface area (Å²) in [6.07, 6.45) is 2.36. The van der Waals surface area contributed by atoms with E-state index in [1.54, 1.807) is 6.20 Å². The molecule has 0 aliphatic heterocycles. The molecule has 0 spiro atoms. The van der Waals surface area contributed by atoms with E-state index in [2.05, 4.69) is 15.6 Å². The van der Waals surface area contributed by atoms with Gasteiger partial charge in [0.15, 0.2) is 0 Å². The molecule has 24 heavy (non-hydrogen) atoms. The number of amides is 1. The minimum absolute atomic E-state index is 0.0955. The first-order valence-electron chi connectivity index (χ1n) is 7.70. The van der Waals surface area contributed by atoms with Crippen LogP contribution in [0.5, 0.6) is 0 Å². The number of aromatic nitrogens is 3. The molecule has 6 heteroatoms. The topological polar surface area (TPSA) is 80.0 Å². The highest BCUT2D eigenvalue weighted by molar-refractivity contribution is 5.90. The zero-order chi connectivity index (χ0) is 16.8. The number of aliphatic hydroxyl groups is 1. The molecule has 1 amide bonds. The molecule has 0 aliphatic carbocycles. The van der Waals surface area contributed by atoms with Crippen molar-refractivity contribution in [1.82, 2.24) is 15.0 Å². The van der Waals surface area contributed by atoms with Gasteiger partial charge in [0, 0.05) is 17.9 Å². The van der Waals surface area contributed by atoms with E-state index < -0.39 is 0 Å². The van der Waals surface area contributed by atoms with E-state index in [1.165, 1.54) is 4.68 Å². The molecule has 1 heterocycles. The van der Waals surface area contributed by atoms with Gasteiger partial charge in [-0.05, 0) is 24.1 Å². The molecule has 122 valence electrons. The smallest absolute Gasteiger partial charge is 0.246 e. The first-order chi connectivity index (χ1) is 11.7. The number of carbonyl (C=O) groups is 1. The molecule has 0 bridgehead atoms. The molecule has 3 aromatic rings. The van der Waals surface area contributed by atoms with E-state index in [9.17, 15) is 4.79 Å². The summed E-state index contributed by atoms with van der Waals surface area (Å²) in [5, 5.41) is 19.8. The highest BCUT2D eigenvalue weighted by Gasteiger charge is 2.08. The predicted octanol–water partition coefficient (Wildman–Crippen LogP) is 2.12. The van der Waals surface area contributed by atoms with E-state index in [0.29, 0.717) is 12.1 Å². The second-order valence-corrected chi connectivity index (χ2v) is 5.39. The van der Waals surface area contributed by atoms with Crippen LogP contribution in [0.2, 0.25) is 0 Å². The van der Waals surface area contributed by atoms with Crippen molar-refractivity contribution in [2.24, 2.45) is 0 Å². The van der Waals surface area contributed by atoms with Crippen molar-refractivity contribution in [2.75, 3.05) is 11.9 Å². The molecule has 0 fully saturated rings. The fourth-order valence-electron chi connectivity index (χ4n) is 2.35. The third kappa shape index (κ3) is 4.05. The van der Waals surface area contributed by atoms with Gasteiger partial charge in [-0.3, -0.25) is 4.79 Å². The maximum Gasteiger partial charge on any atom is 0.246 e. The normalized spacial score (nSPS) is 10.5. The monoisotopic (exact) mass is 322 g/mol. The van der Waals surface area contributed by atoms with Gasteiger partial charge >= 0.3 is 0 Å². The second kappa shape index (κ2) is 7.52. The van der Waals surface area contributed by atoms with Crippen LogP contribution in [-0.4, -0.2) is 32.6 Å². The number of nitrogens with zero attached hydrogens (tertiary/aromatic N) is 3. The van der Waals surface area contributed by atoms with Gasteiger partial charge in [0.1, 0.15) is 12.2 Å². The summed E-state index contributed by atoms with van der Waals surface area (Å²) in [4.78, 5) is 12.1. The van der Waals surface area contributed by atoms with Gasteiger partial charge < -0.3 is 10.4 Å². The van der Waals surface area contributed by atoms with Crippen LogP contribution >= 0.6 is 0 Å². The van der Waals surface area contributed by atoms with Gasteiger partial charge in [-0.1, -0.05) is 47.7 Å². The largest absolute Gasteiger partial charge is 0.396 e. The summed E-state index contributed by atoms with van der Waals surface area (Å²) in [5.74, 6) is -0.172. The predicted molar refractivity (Wildman–Crippen MR) is 91.3 cm³/mol. The SMILES string of the molecule is O=C(Cn1cc(-c2ccccc2)nn1)Nc1ccc(CCO)cc1. The van der Waals surface area contributed by atoms with Gasteiger partial charge in [-0.2, -0.15) is 0 Å². The molecule has 1 aromatic heterocycles. The zero-order valence-corrected chi connectivity index (χ0v) is 13.1. The Kier molecular flexibility index (Phi) is 4.98. The number of nitrogens with one attached hydrogen (secondary N) is 1. The van der Waals surface area contributed by atoms with Crippen molar-refractivity contribution >= 4 is 11.6 Å². The lowest BCUT2D eigenvalue weighted by molar-refractivity contribution is -0.116. The Labute approximate surface area is 139 Å². The van der Waals surface area contributed by atoms with Crippen molar-refractivity contribution in [3.8, 4) is 11.3 Å². The van der Waals surface area contributed by atoms with E-state index in [0.717, 1.165) is 16.8 Å². The number of benzene rings is 2. The molecule has 2 aromatic carbocycles. The van der Waals surface area contributed by atoms with Crippen molar-refractivity contribution in [3.05, 3.63) is 66.4 Å².